The van der Waals surface area contributed by atoms with Crippen LogP contribution in [0.25, 0.3) is 0 Å². The standard InChI is InChI=1S/C20H34O2/c1-3-5-16-6-10-18(11-7-16)19-12-8-17(9-13-19)14-15-22-20(21)4-2/h4,16-19H,2-3,5-15H2,1H3. The SMILES string of the molecule is C=CC(=O)OCCC1CCC(C2CCC(CCC)CC2)CC1. The third kappa shape index (κ3) is 5.44. The molecule has 0 N–H and O–H groups in total. The number of carbonyl (C=O) groups is 1. The molecule has 0 radical (unpaired) electrons. The fraction of sp³-hybridized carbons (Fsp3) is 0.850. The average Bonchev–Trinajstić information content (AvgIpc) is 2.56. The van der Waals surface area contributed by atoms with Crippen LogP contribution in [-0.4, -0.2) is 12.6 Å². The van der Waals surface area contributed by atoms with E-state index in [1.807, 2.05) is 0 Å². The molecule has 2 rings (SSSR count). The third-order valence-corrected chi connectivity index (χ3v) is 6.08. The molecule has 2 aliphatic carbocycles. The minimum absolute atomic E-state index is 0.280. The molecule has 0 bridgehead atoms. The van der Waals surface area contributed by atoms with Crippen molar-refractivity contribution in [1.29, 1.82) is 0 Å². The van der Waals surface area contributed by atoms with E-state index in [1.165, 1.54) is 70.3 Å². The van der Waals surface area contributed by atoms with Crippen molar-refractivity contribution in [3.63, 3.8) is 0 Å². The number of carbonyl (C=O) groups excluding carboxylic acids is 1. The van der Waals surface area contributed by atoms with Crippen LogP contribution in [0.4, 0.5) is 0 Å². The summed E-state index contributed by atoms with van der Waals surface area (Å²) in [5.74, 6) is 3.50. The Bertz CT molecular complexity index is 334. The van der Waals surface area contributed by atoms with Crippen LogP contribution in [-0.2, 0) is 9.53 Å². The van der Waals surface area contributed by atoms with Gasteiger partial charge in [0.25, 0.3) is 0 Å². The van der Waals surface area contributed by atoms with Crippen LogP contribution in [0, 0.1) is 23.7 Å². The van der Waals surface area contributed by atoms with E-state index < -0.39 is 0 Å². The zero-order valence-electron chi connectivity index (χ0n) is 14.4. The summed E-state index contributed by atoms with van der Waals surface area (Å²) in [6.07, 6.45) is 16.5. The number of esters is 1. The maximum absolute atomic E-state index is 11.0. The van der Waals surface area contributed by atoms with E-state index in [-0.39, 0.29) is 5.97 Å². The Morgan fingerprint density at radius 1 is 0.955 bits per heavy atom. The summed E-state index contributed by atoms with van der Waals surface area (Å²) in [5, 5.41) is 0. The minimum atomic E-state index is -0.280. The van der Waals surface area contributed by atoms with Crippen LogP contribution in [0.3, 0.4) is 0 Å². The van der Waals surface area contributed by atoms with Gasteiger partial charge in [-0.1, -0.05) is 52.0 Å². The van der Waals surface area contributed by atoms with Crippen molar-refractivity contribution in [2.45, 2.75) is 77.6 Å². The molecule has 2 aliphatic rings. The van der Waals surface area contributed by atoms with Gasteiger partial charge in [-0.05, 0) is 55.8 Å². The second-order valence-corrected chi connectivity index (χ2v) is 7.51. The predicted molar refractivity (Wildman–Crippen MR) is 91.6 cm³/mol. The molecular formula is C20H34O2. The number of rotatable bonds is 7. The monoisotopic (exact) mass is 306 g/mol. The van der Waals surface area contributed by atoms with Crippen molar-refractivity contribution in [3.8, 4) is 0 Å². The van der Waals surface area contributed by atoms with Crippen LogP contribution >= 0.6 is 0 Å². The lowest BCUT2D eigenvalue weighted by molar-refractivity contribution is -0.138. The van der Waals surface area contributed by atoms with Crippen molar-refractivity contribution >= 4 is 5.97 Å². The lowest BCUT2D eigenvalue weighted by atomic mass is 9.68. The molecule has 2 fully saturated rings. The topological polar surface area (TPSA) is 26.3 Å². The highest BCUT2D eigenvalue weighted by atomic mass is 16.5. The summed E-state index contributed by atoms with van der Waals surface area (Å²) < 4.78 is 5.11. The molecule has 2 heteroatoms. The van der Waals surface area contributed by atoms with Gasteiger partial charge in [-0.3, -0.25) is 0 Å². The maximum Gasteiger partial charge on any atom is 0.330 e. The smallest absolute Gasteiger partial charge is 0.330 e. The van der Waals surface area contributed by atoms with Gasteiger partial charge in [0.2, 0.25) is 0 Å². The van der Waals surface area contributed by atoms with Gasteiger partial charge >= 0.3 is 5.97 Å². The van der Waals surface area contributed by atoms with Crippen LogP contribution in [0.15, 0.2) is 12.7 Å². The van der Waals surface area contributed by atoms with E-state index in [0.717, 1.165) is 30.1 Å². The largest absolute Gasteiger partial charge is 0.463 e. The van der Waals surface area contributed by atoms with E-state index in [1.54, 1.807) is 0 Å². The Morgan fingerprint density at radius 3 is 1.91 bits per heavy atom. The molecule has 22 heavy (non-hydrogen) atoms. The lowest BCUT2D eigenvalue weighted by Gasteiger charge is -2.38. The van der Waals surface area contributed by atoms with Crippen LogP contribution in [0.2, 0.25) is 0 Å². The van der Waals surface area contributed by atoms with Gasteiger partial charge in [0, 0.05) is 6.08 Å². The zero-order valence-corrected chi connectivity index (χ0v) is 14.4. The first-order valence-corrected chi connectivity index (χ1v) is 9.52. The lowest BCUT2D eigenvalue weighted by Crippen LogP contribution is -2.26. The molecule has 0 aliphatic heterocycles. The van der Waals surface area contributed by atoms with Gasteiger partial charge in [-0.2, -0.15) is 0 Å². The molecule has 0 spiro atoms. The van der Waals surface area contributed by atoms with Crippen LogP contribution in [0.5, 0.6) is 0 Å². The quantitative estimate of drug-likeness (QED) is 0.457. The minimum Gasteiger partial charge on any atom is -0.463 e. The molecule has 0 aromatic heterocycles. The van der Waals surface area contributed by atoms with Crippen molar-refractivity contribution in [3.05, 3.63) is 12.7 Å². The number of hydrogen-bond acceptors (Lipinski definition) is 2. The maximum atomic E-state index is 11.0. The highest BCUT2D eigenvalue weighted by Crippen LogP contribution is 2.42. The first kappa shape index (κ1) is 17.6. The first-order chi connectivity index (χ1) is 10.7. The third-order valence-electron chi connectivity index (χ3n) is 6.08. The Hall–Kier alpha value is -0.790. The van der Waals surface area contributed by atoms with Crippen molar-refractivity contribution < 1.29 is 9.53 Å². The molecule has 0 aromatic rings. The normalized spacial score (nSPS) is 32.4. The van der Waals surface area contributed by atoms with Gasteiger partial charge in [0.1, 0.15) is 0 Å². The molecule has 126 valence electrons. The number of hydrogen-bond donors (Lipinski definition) is 0. The molecule has 2 nitrogen and oxygen atoms in total. The van der Waals surface area contributed by atoms with Gasteiger partial charge in [0.15, 0.2) is 0 Å². The Balaban J connectivity index is 1.61. The summed E-state index contributed by atoms with van der Waals surface area (Å²) in [6, 6.07) is 0. The number of ether oxygens (including phenoxy) is 1. The van der Waals surface area contributed by atoms with Crippen molar-refractivity contribution in [2.24, 2.45) is 23.7 Å². The fourth-order valence-corrected chi connectivity index (χ4v) is 4.69. The van der Waals surface area contributed by atoms with E-state index >= 15 is 0 Å². The first-order valence-electron chi connectivity index (χ1n) is 9.52. The summed E-state index contributed by atoms with van der Waals surface area (Å²) in [6.45, 7) is 6.32. The van der Waals surface area contributed by atoms with Crippen molar-refractivity contribution in [1.82, 2.24) is 0 Å². The van der Waals surface area contributed by atoms with E-state index in [2.05, 4.69) is 13.5 Å². The van der Waals surface area contributed by atoms with Gasteiger partial charge in [0.05, 0.1) is 6.61 Å². The van der Waals surface area contributed by atoms with Crippen molar-refractivity contribution in [2.75, 3.05) is 6.61 Å². The van der Waals surface area contributed by atoms with Crippen LogP contribution in [0.1, 0.15) is 77.6 Å². The molecular weight excluding hydrogens is 272 g/mol. The highest BCUT2D eigenvalue weighted by Gasteiger charge is 2.30. The molecule has 0 saturated heterocycles. The summed E-state index contributed by atoms with van der Waals surface area (Å²) in [7, 11) is 0. The molecule has 0 atom stereocenters. The molecule has 0 amide bonds. The van der Waals surface area contributed by atoms with Gasteiger partial charge < -0.3 is 4.74 Å². The molecule has 2 saturated carbocycles. The van der Waals surface area contributed by atoms with E-state index in [9.17, 15) is 4.79 Å². The zero-order chi connectivity index (χ0) is 15.8. The average molecular weight is 306 g/mol. The molecule has 0 heterocycles. The second kappa shape index (κ2) is 9.37. The Morgan fingerprint density at radius 2 is 1.45 bits per heavy atom. The highest BCUT2D eigenvalue weighted by molar-refractivity contribution is 5.81. The summed E-state index contributed by atoms with van der Waals surface area (Å²) >= 11 is 0. The van der Waals surface area contributed by atoms with Gasteiger partial charge in [-0.15, -0.1) is 0 Å². The summed E-state index contributed by atoms with van der Waals surface area (Å²) in [5.41, 5.74) is 0. The second-order valence-electron chi connectivity index (χ2n) is 7.51. The Labute approximate surface area is 136 Å². The van der Waals surface area contributed by atoms with E-state index in [4.69, 9.17) is 4.74 Å². The Kier molecular flexibility index (Phi) is 7.48. The summed E-state index contributed by atoms with van der Waals surface area (Å²) in [4.78, 5) is 11.0. The predicted octanol–water partition coefficient (Wildman–Crippen LogP) is 5.52. The molecule has 0 aromatic carbocycles. The van der Waals surface area contributed by atoms with Gasteiger partial charge in [-0.25, -0.2) is 4.79 Å². The fourth-order valence-electron chi connectivity index (χ4n) is 4.69. The van der Waals surface area contributed by atoms with Crippen LogP contribution < -0.4 is 0 Å². The molecule has 0 unspecified atom stereocenters. The van der Waals surface area contributed by atoms with E-state index in [0.29, 0.717) is 6.61 Å².